The molecule has 0 aliphatic carbocycles. The third kappa shape index (κ3) is 5.65. The first kappa shape index (κ1) is 20.5. The van der Waals surface area contributed by atoms with Crippen LogP contribution in [-0.2, 0) is 22.7 Å². The van der Waals surface area contributed by atoms with Crippen LogP contribution in [0.15, 0.2) is 60.7 Å². The van der Waals surface area contributed by atoms with E-state index in [0.29, 0.717) is 37.5 Å². The van der Waals surface area contributed by atoms with Gasteiger partial charge in [0, 0.05) is 24.7 Å². The quantitative estimate of drug-likeness (QED) is 0.628. The Morgan fingerprint density at radius 3 is 2.39 bits per heavy atom. The number of para-hydroxylation sites is 2. The number of likely N-dealkylation sites (tertiary alicyclic amines) is 1. The number of carbonyl (C=O) groups excluding carboxylic acids is 2. The highest BCUT2D eigenvalue weighted by Crippen LogP contribution is 2.20. The van der Waals surface area contributed by atoms with E-state index in [1.54, 1.807) is 4.90 Å². The maximum absolute atomic E-state index is 12.6. The Balaban J connectivity index is 1.22. The zero-order chi connectivity index (χ0) is 21.5. The fourth-order valence-corrected chi connectivity index (χ4v) is 3.44. The van der Waals surface area contributed by atoms with Gasteiger partial charge in [0.15, 0.2) is 6.61 Å². The molecule has 0 radical (unpaired) electrons. The van der Waals surface area contributed by atoms with Gasteiger partial charge < -0.3 is 15.0 Å². The Hall–Kier alpha value is -3.75. The molecule has 3 aromatic rings. The Morgan fingerprint density at radius 1 is 1.00 bits per heavy atom. The highest BCUT2D eigenvalue weighted by atomic mass is 16.5. The lowest BCUT2D eigenvalue weighted by Gasteiger charge is -2.31. The summed E-state index contributed by atoms with van der Waals surface area (Å²) < 4.78 is 5.59. The van der Waals surface area contributed by atoms with Crippen LogP contribution < -0.4 is 10.1 Å². The summed E-state index contributed by atoms with van der Waals surface area (Å²) in [6.07, 6.45) is 1.26. The lowest BCUT2D eigenvalue weighted by atomic mass is 9.95. The van der Waals surface area contributed by atoms with Gasteiger partial charge in [0.1, 0.15) is 12.3 Å². The normalized spacial score (nSPS) is 14.3. The van der Waals surface area contributed by atoms with Crippen LogP contribution in [0.2, 0.25) is 0 Å². The predicted octanol–water partition coefficient (Wildman–Crippen LogP) is 2.13. The number of carbonyl (C=O) groups is 2. The summed E-state index contributed by atoms with van der Waals surface area (Å²) >= 11 is 0. The van der Waals surface area contributed by atoms with Crippen LogP contribution in [0.25, 0.3) is 0 Å². The lowest BCUT2D eigenvalue weighted by Crippen LogP contribution is -2.43. The molecule has 0 spiro atoms. The van der Waals surface area contributed by atoms with Crippen molar-refractivity contribution < 1.29 is 14.3 Å². The molecule has 0 unspecified atom stereocenters. The van der Waals surface area contributed by atoms with E-state index in [-0.39, 0.29) is 30.9 Å². The number of benzene rings is 2. The van der Waals surface area contributed by atoms with E-state index >= 15 is 0 Å². The number of piperidine rings is 1. The predicted molar refractivity (Wildman–Crippen MR) is 113 cm³/mol. The molecule has 1 aliphatic heterocycles. The van der Waals surface area contributed by atoms with Crippen molar-refractivity contribution in [3.63, 3.8) is 0 Å². The molecule has 9 heteroatoms. The topological polar surface area (TPSA) is 102 Å². The van der Waals surface area contributed by atoms with Crippen LogP contribution in [0.3, 0.4) is 0 Å². The molecule has 1 N–H and O–H groups in total. The third-order valence-electron chi connectivity index (χ3n) is 5.14. The zero-order valence-electron chi connectivity index (χ0n) is 17.1. The first-order valence-electron chi connectivity index (χ1n) is 10.3. The van der Waals surface area contributed by atoms with Crippen molar-refractivity contribution in [1.29, 1.82) is 0 Å². The van der Waals surface area contributed by atoms with E-state index in [2.05, 4.69) is 20.7 Å². The summed E-state index contributed by atoms with van der Waals surface area (Å²) in [6.45, 7) is 1.26. The van der Waals surface area contributed by atoms with Gasteiger partial charge in [-0.05, 0) is 42.3 Å². The van der Waals surface area contributed by atoms with Gasteiger partial charge in [0.05, 0.1) is 0 Å². The molecule has 1 aromatic heterocycles. The van der Waals surface area contributed by atoms with Crippen molar-refractivity contribution in [3.05, 3.63) is 66.5 Å². The van der Waals surface area contributed by atoms with E-state index in [4.69, 9.17) is 4.74 Å². The van der Waals surface area contributed by atoms with Crippen LogP contribution >= 0.6 is 0 Å². The fraction of sp³-hybridized carbons (Fsp3) is 0.318. The van der Waals surface area contributed by atoms with Crippen molar-refractivity contribution in [2.45, 2.75) is 26.0 Å². The number of hydrogen-bond acceptors (Lipinski definition) is 6. The number of aromatic nitrogens is 4. The molecule has 1 saturated heterocycles. The van der Waals surface area contributed by atoms with E-state index in [1.165, 1.54) is 4.80 Å². The second-order valence-electron chi connectivity index (χ2n) is 7.35. The summed E-state index contributed by atoms with van der Waals surface area (Å²) in [4.78, 5) is 28.1. The number of amides is 2. The minimum atomic E-state index is -0.101. The Labute approximate surface area is 180 Å². The Bertz CT molecular complexity index is 1000. The molecule has 2 aromatic carbocycles. The van der Waals surface area contributed by atoms with E-state index in [1.807, 2.05) is 60.7 Å². The first-order chi connectivity index (χ1) is 15.2. The number of ether oxygens (including phenoxy) is 1. The second kappa shape index (κ2) is 9.84. The molecule has 9 nitrogen and oxygen atoms in total. The van der Waals surface area contributed by atoms with Crippen molar-refractivity contribution in [2.75, 3.05) is 18.4 Å². The summed E-state index contributed by atoms with van der Waals surface area (Å²) in [6, 6.07) is 18.8. The number of hydrogen-bond donors (Lipinski definition) is 1. The van der Waals surface area contributed by atoms with E-state index < -0.39 is 0 Å². The molecule has 160 valence electrons. The Kier molecular flexibility index (Phi) is 6.51. The third-order valence-corrected chi connectivity index (χ3v) is 5.14. The van der Waals surface area contributed by atoms with Gasteiger partial charge in [-0.25, -0.2) is 0 Å². The molecule has 2 heterocycles. The molecular formula is C22H24N6O3. The monoisotopic (exact) mass is 420 g/mol. The van der Waals surface area contributed by atoms with Crippen molar-refractivity contribution in [1.82, 2.24) is 25.1 Å². The molecular weight excluding hydrogens is 396 g/mol. The van der Waals surface area contributed by atoms with Crippen molar-refractivity contribution >= 4 is 17.5 Å². The van der Waals surface area contributed by atoms with E-state index in [9.17, 15) is 9.59 Å². The molecule has 2 amide bonds. The smallest absolute Gasteiger partial charge is 0.246 e. The number of nitrogens with one attached hydrogen (secondary N) is 1. The van der Waals surface area contributed by atoms with Gasteiger partial charge in [-0.1, -0.05) is 36.4 Å². The summed E-state index contributed by atoms with van der Waals surface area (Å²) in [5.41, 5.74) is 0.787. The largest absolute Gasteiger partial charge is 0.485 e. The molecule has 0 bridgehead atoms. The number of anilines is 1. The maximum Gasteiger partial charge on any atom is 0.246 e. The second-order valence-corrected chi connectivity index (χ2v) is 7.35. The first-order valence-corrected chi connectivity index (χ1v) is 10.3. The highest BCUT2D eigenvalue weighted by Gasteiger charge is 2.27. The highest BCUT2D eigenvalue weighted by molar-refractivity contribution is 5.92. The summed E-state index contributed by atoms with van der Waals surface area (Å²) in [7, 11) is 0. The average Bonchev–Trinajstić information content (AvgIpc) is 3.26. The van der Waals surface area contributed by atoms with Gasteiger partial charge in [0.2, 0.25) is 17.6 Å². The van der Waals surface area contributed by atoms with Crippen LogP contribution in [0, 0.1) is 5.92 Å². The molecule has 1 fully saturated rings. The molecule has 0 saturated carbocycles. The average molecular weight is 420 g/mol. The van der Waals surface area contributed by atoms with Crippen LogP contribution in [-0.4, -0.2) is 50.0 Å². The number of nitrogens with zero attached hydrogens (tertiary/aromatic N) is 5. The maximum atomic E-state index is 12.6. The molecule has 0 atom stereocenters. The van der Waals surface area contributed by atoms with Gasteiger partial charge >= 0.3 is 0 Å². The molecule has 1 aliphatic rings. The van der Waals surface area contributed by atoms with Crippen LogP contribution in [0.1, 0.15) is 18.7 Å². The van der Waals surface area contributed by atoms with Crippen molar-refractivity contribution in [3.8, 4) is 5.75 Å². The van der Waals surface area contributed by atoms with Crippen LogP contribution in [0.4, 0.5) is 5.69 Å². The lowest BCUT2D eigenvalue weighted by molar-refractivity contribution is -0.135. The minimum Gasteiger partial charge on any atom is -0.485 e. The standard InChI is InChI=1S/C22H24N6O3/c29-21(15-28-25-20(24-26-28)16-31-19-9-5-2-6-10-19)27-13-11-17(12-14-27)22(30)23-18-7-3-1-4-8-18/h1-10,17H,11-16H2,(H,23,30). The van der Waals surface area contributed by atoms with Crippen molar-refractivity contribution in [2.24, 2.45) is 5.92 Å². The minimum absolute atomic E-state index is 0.000648. The number of rotatable bonds is 7. The molecule has 31 heavy (non-hydrogen) atoms. The summed E-state index contributed by atoms with van der Waals surface area (Å²) in [5.74, 6) is 0.937. The SMILES string of the molecule is O=C(Nc1ccccc1)C1CCN(C(=O)Cn2nnc(COc3ccccc3)n2)CC1. The van der Waals surface area contributed by atoms with Crippen LogP contribution in [0.5, 0.6) is 5.75 Å². The number of tetrazole rings is 1. The van der Waals surface area contributed by atoms with E-state index in [0.717, 1.165) is 5.69 Å². The zero-order valence-corrected chi connectivity index (χ0v) is 17.1. The summed E-state index contributed by atoms with van der Waals surface area (Å²) in [5, 5.41) is 15.0. The van der Waals surface area contributed by atoms with Gasteiger partial charge in [0.25, 0.3) is 0 Å². The Morgan fingerprint density at radius 2 is 1.68 bits per heavy atom. The van der Waals surface area contributed by atoms with Gasteiger partial charge in [-0.15, -0.1) is 10.2 Å². The van der Waals surface area contributed by atoms with Gasteiger partial charge in [-0.3, -0.25) is 9.59 Å². The van der Waals surface area contributed by atoms with Gasteiger partial charge in [-0.2, -0.15) is 4.80 Å². The molecule has 4 rings (SSSR count). The fourth-order valence-electron chi connectivity index (χ4n) is 3.44.